The van der Waals surface area contributed by atoms with Gasteiger partial charge < -0.3 is 9.80 Å². The second kappa shape index (κ2) is 3.11. The van der Waals surface area contributed by atoms with Crippen molar-refractivity contribution < 1.29 is 0 Å². The summed E-state index contributed by atoms with van der Waals surface area (Å²) in [5, 5.41) is 0. The fourth-order valence-corrected chi connectivity index (χ4v) is 1.22. The van der Waals surface area contributed by atoms with Crippen molar-refractivity contribution >= 4 is 5.96 Å². The van der Waals surface area contributed by atoms with Crippen LogP contribution in [0.25, 0.3) is 0 Å². The first-order chi connectivity index (χ1) is 5.11. The van der Waals surface area contributed by atoms with Crippen LogP contribution in [-0.4, -0.2) is 49.0 Å². The number of likely N-dealkylation sites (N-methyl/N-ethyl adjacent to an activating group) is 2. The van der Waals surface area contributed by atoms with E-state index < -0.39 is 0 Å². The van der Waals surface area contributed by atoms with Crippen LogP contribution in [0.4, 0.5) is 0 Å². The van der Waals surface area contributed by atoms with E-state index in [4.69, 9.17) is 0 Å². The molecule has 0 unspecified atom stereocenters. The van der Waals surface area contributed by atoms with Crippen LogP contribution in [0, 0.1) is 0 Å². The fourth-order valence-electron chi connectivity index (χ4n) is 1.22. The van der Waals surface area contributed by atoms with Crippen molar-refractivity contribution in [2.24, 2.45) is 4.99 Å². The molecule has 1 heterocycles. The molecule has 11 heavy (non-hydrogen) atoms. The molecule has 1 rings (SSSR count). The number of nitrogens with zero attached hydrogens (tertiary/aromatic N) is 3. The fraction of sp³-hybridized carbons (Fsp3) is 0.875. The van der Waals surface area contributed by atoms with E-state index in [1.54, 1.807) is 0 Å². The molecule has 0 aliphatic carbocycles. The van der Waals surface area contributed by atoms with Crippen LogP contribution in [0.15, 0.2) is 4.99 Å². The third kappa shape index (κ3) is 1.85. The van der Waals surface area contributed by atoms with Gasteiger partial charge in [0.2, 0.25) is 0 Å². The maximum Gasteiger partial charge on any atom is 0.196 e. The van der Waals surface area contributed by atoms with Crippen LogP contribution in [0.3, 0.4) is 0 Å². The maximum absolute atomic E-state index is 4.51. The Morgan fingerprint density at radius 2 is 1.64 bits per heavy atom. The van der Waals surface area contributed by atoms with Crippen LogP contribution in [-0.2, 0) is 0 Å². The predicted octanol–water partition coefficient (Wildman–Crippen LogP) is 0.628. The van der Waals surface area contributed by atoms with Crippen molar-refractivity contribution in [1.82, 2.24) is 9.80 Å². The minimum Gasteiger partial charge on any atom is -0.344 e. The summed E-state index contributed by atoms with van der Waals surface area (Å²) >= 11 is 0. The van der Waals surface area contributed by atoms with Crippen molar-refractivity contribution in [1.29, 1.82) is 0 Å². The lowest BCUT2D eigenvalue weighted by molar-refractivity contribution is 0.553. The smallest absolute Gasteiger partial charge is 0.196 e. The summed E-state index contributed by atoms with van der Waals surface area (Å²) in [6.45, 7) is 6.41. The van der Waals surface area contributed by atoms with E-state index in [2.05, 4.69) is 42.7 Å². The third-order valence-corrected chi connectivity index (χ3v) is 1.83. The molecule has 1 aliphatic rings. The molecule has 0 aromatic heterocycles. The van der Waals surface area contributed by atoms with E-state index in [0.717, 1.165) is 19.0 Å². The minimum atomic E-state index is 0.396. The highest BCUT2D eigenvalue weighted by atomic mass is 15.4. The molecular formula is C8H17N3. The first-order valence-electron chi connectivity index (χ1n) is 4.11. The van der Waals surface area contributed by atoms with Gasteiger partial charge in [-0.25, -0.2) is 0 Å². The van der Waals surface area contributed by atoms with Gasteiger partial charge in [0.1, 0.15) is 0 Å². The largest absolute Gasteiger partial charge is 0.344 e. The zero-order valence-corrected chi connectivity index (χ0v) is 7.83. The molecule has 0 radical (unpaired) electrons. The van der Waals surface area contributed by atoms with Gasteiger partial charge in [0.15, 0.2) is 5.96 Å². The Hall–Kier alpha value is -0.730. The van der Waals surface area contributed by atoms with Crippen LogP contribution in [0.2, 0.25) is 0 Å². The predicted molar refractivity (Wildman–Crippen MR) is 47.8 cm³/mol. The molecule has 1 saturated heterocycles. The van der Waals surface area contributed by atoms with Gasteiger partial charge in [-0.3, -0.25) is 4.99 Å². The summed E-state index contributed by atoms with van der Waals surface area (Å²) in [5.74, 6) is 1.13. The highest BCUT2D eigenvalue weighted by molar-refractivity contribution is 5.81. The number of aliphatic imine (C=N–C) groups is 1. The van der Waals surface area contributed by atoms with Crippen LogP contribution in [0.5, 0.6) is 0 Å². The lowest BCUT2D eigenvalue weighted by Gasteiger charge is -2.16. The number of hydrogen-bond acceptors (Lipinski definition) is 1. The highest BCUT2D eigenvalue weighted by Crippen LogP contribution is 2.04. The van der Waals surface area contributed by atoms with Crippen molar-refractivity contribution in [3.05, 3.63) is 0 Å². The quantitative estimate of drug-likeness (QED) is 0.553. The molecule has 3 nitrogen and oxygen atoms in total. The van der Waals surface area contributed by atoms with Gasteiger partial charge in [-0.2, -0.15) is 0 Å². The van der Waals surface area contributed by atoms with E-state index in [1.165, 1.54) is 0 Å². The monoisotopic (exact) mass is 155 g/mol. The van der Waals surface area contributed by atoms with Gasteiger partial charge in [-0.15, -0.1) is 0 Å². The molecule has 0 atom stereocenters. The van der Waals surface area contributed by atoms with Gasteiger partial charge >= 0.3 is 0 Å². The molecule has 0 amide bonds. The van der Waals surface area contributed by atoms with E-state index in [1.807, 2.05) is 0 Å². The second-order valence-electron chi connectivity index (χ2n) is 3.37. The van der Waals surface area contributed by atoms with Crippen molar-refractivity contribution in [2.75, 3.05) is 27.2 Å². The summed E-state index contributed by atoms with van der Waals surface area (Å²) in [7, 11) is 4.18. The SMILES string of the molecule is CC(C)N=C1N(C)CCN1C. The Kier molecular flexibility index (Phi) is 2.37. The Bertz CT molecular complexity index is 151. The van der Waals surface area contributed by atoms with Gasteiger partial charge in [-0.05, 0) is 13.8 Å². The summed E-state index contributed by atoms with van der Waals surface area (Å²) in [6.07, 6.45) is 0. The summed E-state index contributed by atoms with van der Waals surface area (Å²) in [4.78, 5) is 8.90. The molecule has 0 saturated carbocycles. The number of rotatable bonds is 1. The van der Waals surface area contributed by atoms with E-state index >= 15 is 0 Å². The molecule has 1 aliphatic heterocycles. The van der Waals surface area contributed by atoms with E-state index in [0.29, 0.717) is 6.04 Å². The molecule has 1 fully saturated rings. The molecule has 64 valence electrons. The van der Waals surface area contributed by atoms with Crippen molar-refractivity contribution in [2.45, 2.75) is 19.9 Å². The van der Waals surface area contributed by atoms with Crippen molar-refractivity contribution in [3.63, 3.8) is 0 Å². The first-order valence-corrected chi connectivity index (χ1v) is 4.11. The second-order valence-corrected chi connectivity index (χ2v) is 3.37. The summed E-state index contributed by atoms with van der Waals surface area (Å²) in [6, 6.07) is 0.396. The van der Waals surface area contributed by atoms with Crippen LogP contribution >= 0.6 is 0 Å². The van der Waals surface area contributed by atoms with Gasteiger partial charge in [0, 0.05) is 33.2 Å². The molecular weight excluding hydrogens is 138 g/mol. The summed E-state index contributed by atoms with van der Waals surface area (Å²) < 4.78 is 0. The zero-order chi connectivity index (χ0) is 8.43. The average molecular weight is 155 g/mol. The van der Waals surface area contributed by atoms with Crippen LogP contribution < -0.4 is 0 Å². The standard InChI is InChI=1S/C8H17N3/c1-7(2)9-8-10(3)5-6-11(8)4/h7H,5-6H2,1-4H3. The molecule has 0 bridgehead atoms. The van der Waals surface area contributed by atoms with Gasteiger partial charge in [0.05, 0.1) is 0 Å². The normalized spacial score (nSPS) is 18.5. The van der Waals surface area contributed by atoms with E-state index in [-0.39, 0.29) is 0 Å². The Labute approximate surface area is 68.7 Å². The minimum absolute atomic E-state index is 0.396. The molecule has 0 aromatic rings. The van der Waals surface area contributed by atoms with Crippen LogP contribution in [0.1, 0.15) is 13.8 Å². The lowest BCUT2D eigenvalue weighted by atomic mass is 10.4. The average Bonchev–Trinajstić information content (AvgIpc) is 2.18. The number of hydrogen-bond donors (Lipinski definition) is 0. The first kappa shape index (κ1) is 8.37. The van der Waals surface area contributed by atoms with Crippen molar-refractivity contribution in [3.8, 4) is 0 Å². The Balaban J connectivity index is 2.67. The molecule has 0 N–H and O–H groups in total. The third-order valence-electron chi connectivity index (χ3n) is 1.83. The maximum atomic E-state index is 4.51. The molecule has 0 aromatic carbocycles. The Morgan fingerprint density at radius 3 is 2.00 bits per heavy atom. The highest BCUT2D eigenvalue weighted by Gasteiger charge is 2.19. The lowest BCUT2D eigenvalue weighted by Crippen LogP contribution is -2.29. The molecule has 0 spiro atoms. The summed E-state index contributed by atoms with van der Waals surface area (Å²) in [5.41, 5.74) is 0. The number of guanidine groups is 1. The van der Waals surface area contributed by atoms with Gasteiger partial charge in [-0.1, -0.05) is 0 Å². The topological polar surface area (TPSA) is 18.8 Å². The van der Waals surface area contributed by atoms with E-state index in [9.17, 15) is 0 Å². The molecule has 3 heteroatoms. The zero-order valence-electron chi connectivity index (χ0n) is 7.83. The Morgan fingerprint density at radius 1 is 1.18 bits per heavy atom. The van der Waals surface area contributed by atoms with Gasteiger partial charge in [0.25, 0.3) is 0 Å².